The summed E-state index contributed by atoms with van der Waals surface area (Å²) in [4.78, 5) is 6.20. The fraction of sp³-hybridized carbons (Fsp3) is 0.600. The third kappa shape index (κ3) is 7.10. The van der Waals surface area contributed by atoms with Gasteiger partial charge in [0.05, 0.1) is 6.54 Å². The Balaban J connectivity index is 0.00000529. The molecule has 1 heterocycles. The number of allylic oxidation sites excluding steroid dienone is 1. The number of alkyl halides is 3. The van der Waals surface area contributed by atoms with Gasteiger partial charge < -0.3 is 10.2 Å². The van der Waals surface area contributed by atoms with Crippen molar-refractivity contribution in [2.45, 2.75) is 32.5 Å². The van der Waals surface area contributed by atoms with Crippen molar-refractivity contribution >= 4 is 29.9 Å². The second-order valence-electron chi connectivity index (χ2n) is 5.20. The maximum Gasteiger partial charge on any atom is 0.435 e. The lowest BCUT2D eigenvalue weighted by molar-refractivity contribution is -0.142. The summed E-state index contributed by atoms with van der Waals surface area (Å²) in [5, 5.41) is 6.57. The van der Waals surface area contributed by atoms with Gasteiger partial charge in [-0.25, -0.2) is 4.99 Å². The number of hydrogen-bond acceptors (Lipinski definition) is 2. The maximum atomic E-state index is 12.9. The van der Waals surface area contributed by atoms with E-state index in [4.69, 9.17) is 0 Å². The van der Waals surface area contributed by atoms with E-state index < -0.39 is 11.9 Å². The van der Waals surface area contributed by atoms with Gasteiger partial charge in [0, 0.05) is 38.9 Å². The van der Waals surface area contributed by atoms with Crippen LogP contribution in [0.15, 0.2) is 23.8 Å². The van der Waals surface area contributed by atoms with Gasteiger partial charge in [0.1, 0.15) is 0 Å². The van der Waals surface area contributed by atoms with Gasteiger partial charge in [-0.2, -0.15) is 18.3 Å². The van der Waals surface area contributed by atoms with Crippen molar-refractivity contribution in [3.05, 3.63) is 30.1 Å². The molecule has 138 valence electrons. The molecule has 5 nitrogen and oxygen atoms in total. The van der Waals surface area contributed by atoms with Crippen LogP contribution in [-0.4, -0.2) is 40.8 Å². The molecule has 0 unspecified atom stereocenters. The predicted molar refractivity (Wildman–Crippen MR) is 101 cm³/mol. The number of aryl methyl sites for hydroxylation is 1. The molecule has 1 aromatic rings. The van der Waals surface area contributed by atoms with Crippen molar-refractivity contribution in [3.8, 4) is 0 Å². The zero-order valence-corrected chi connectivity index (χ0v) is 16.6. The number of halogens is 4. The molecular formula is C15H25F3IN5. The summed E-state index contributed by atoms with van der Waals surface area (Å²) in [7, 11) is 3.33. The van der Waals surface area contributed by atoms with E-state index >= 15 is 0 Å². The Hall–Kier alpha value is -1.26. The van der Waals surface area contributed by atoms with Crippen molar-refractivity contribution in [1.82, 2.24) is 20.0 Å². The number of unbranched alkanes of at least 4 members (excludes halogenated alkanes) is 1. The average molecular weight is 459 g/mol. The molecule has 9 heteroatoms. The van der Waals surface area contributed by atoms with Crippen LogP contribution in [-0.2, 0) is 19.8 Å². The molecule has 0 aliphatic heterocycles. The molecule has 0 aliphatic carbocycles. The van der Waals surface area contributed by atoms with Crippen LogP contribution in [0.25, 0.3) is 0 Å². The zero-order valence-electron chi connectivity index (χ0n) is 14.2. The molecule has 24 heavy (non-hydrogen) atoms. The third-order valence-electron chi connectivity index (χ3n) is 3.17. The molecule has 0 bridgehead atoms. The number of aromatic nitrogens is 2. The van der Waals surface area contributed by atoms with E-state index in [0.717, 1.165) is 24.1 Å². The molecule has 0 saturated carbocycles. The highest BCUT2D eigenvalue weighted by Gasteiger charge is 2.36. The highest BCUT2D eigenvalue weighted by molar-refractivity contribution is 14.0. The quantitative estimate of drug-likeness (QED) is 0.224. The van der Waals surface area contributed by atoms with Crippen LogP contribution >= 0.6 is 24.0 Å². The van der Waals surface area contributed by atoms with E-state index in [1.54, 1.807) is 0 Å². The number of nitrogens with one attached hydrogen (secondary N) is 1. The Labute approximate surface area is 158 Å². The summed E-state index contributed by atoms with van der Waals surface area (Å²) < 4.78 is 40.0. The molecule has 1 aromatic heterocycles. The summed E-state index contributed by atoms with van der Waals surface area (Å²) in [6.45, 7) is 6.90. The number of hydrogen-bond donors (Lipinski definition) is 1. The fourth-order valence-electron chi connectivity index (χ4n) is 2.10. The number of nitrogens with zero attached hydrogens (tertiary/aromatic N) is 4. The van der Waals surface area contributed by atoms with Crippen LogP contribution in [0.5, 0.6) is 0 Å². The van der Waals surface area contributed by atoms with E-state index in [1.807, 2.05) is 24.9 Å². The third-order valence-corrected chi connectivity index (χ3v) is 3.17. The summed E-state index contributed by atoms with van der Waals surface area (Å²) >= 11 is 0. The van der Waals surface area contributed by atoms with Gasteiger partial charge in [0.25, 0.3) is 0 Å². The highest BCUT2D eigenvalue weighted by Crippen LogP contribution is 2.30. The first-order valence-electron chi connectivity index (χ1n) is 7.49. The van der Waals surface area contributed by atoms with Gasteiger partial charge in [-0.05, 0) is 19.8 Å². The minimum atomic E-state index is -4.47. The number of aliphatic imine (C=N–C) groups is 1. The van der Waals surface area contributed by atoms with Crippen molar-refractivity contribution in [2.75, 3.05) is 20.1 Å². The zero-order chi connectivity index (χ0) is 17.5. The molecule has 0 aromatic carbocycles. The molecule has 0 atom stereocenters. The first kappa shape index (κ1) is 22.7. The fourth-order valence-corrected chi connectivity index (χ4v) is 2.10. The Bertz CT molecular complexity index is 540. The van der Waals surface area contributed by atoms with Crippen molar-refractivity contribution < 1.29 is 13.2 Å². The lowest BCUT2D eigenvalue weighted by atomic mass is 10.2. The van der Waals surface area contributed by atoms with Crippen LogP contribution in [0.2, 0.25) is 0 Å². The molecule has 0 spiro atoms. The van der Waals surface area contributed by atoms with Crippen LogP contribution < -0.4 is 5.32 Å². The molecule has 0 radical (unpaired) electrons. The van der Waals surface area contributed by atoms with Gasteiger partial charge in [0.2, 0.25) is 0 Å². The summed E-state index contributed by atoms with van der Waals surface area (Å²) in [5.74, 6) is 0.577. The first-order chi connectivity index (χ1) is 10.8. The molecule has 1 rings (SSSR count). The average Bonchev–Trinajstić information content (AvgIpc) is 2.84. The van der Waals surface area contributed by atoms with Crippen molar-refractivity contribution in [1.29, 1.82) is 0 Å². The lowest BCUT2D eigenvalue weighted by Gasteiger charge is -2.21. The van der Waals surface area contributed by atoms with E-state index in [-0.39, 0.29) is 36.1 Å². The van der Waals surface area contributed by atoms with E-state index in [0.29, 0.717) is 12.5 Å². The summed E-state index contributed by atoms with van der Waals surface area (Å²) in [6.07, 6.45) is 0.507. The minimum absolute atomic E-state index is 0. The van der Waals surface area contributed by atoms with Gasteiger partial charge >= 0.3 is 6.18 Å². The Morgan fingerprint density at radius 2 is 2.17 bits per heavy atom. The molecule has 0 saturated heterocycles. The largest absolute Gasteiger partial charge is 0.435 e. The number of guanidine groups is 1. The van der Waals surface area contributed by atoms with Gasteiger partial charge in [-0.3, -0.25) is 4.68 Å². The second kappa shape index (κ2) is 10.6. The normalized spacial score (nSPS) is 11.8. The van der Waals surface area contributed by atoms with E-state index in [9.17, 15) is 13.2 Å². The standard InChI is InChI=1S/C15H24F3N5.HI/c1-5-7-8-9-22(3)14(19-6-2)20-10-12-11-23(4)21-13(12)15(16,17)18;/h5,11H,1,6-10H2,2-4H3,(H,19,20);1H. The van der Waals surface area contributed by atoms with Crippen LogP contribution in [0.3, 0.4) is 0 Å². The molecular weight excluding hydrogens is 434 g/mol. The lowest BCUT2D eigenvalue weighted by Crippen LogP contribution is -2.39. The molecule has 0 aliphatic rings. The van der Waals surface area contributed by atoms with Gasteiger partial charge in [-0.15, -0.1) is 30.6 Å². The second-order valence-corrected chi connectivity index (χ2v) is 5.20. The number of rotatable bonds is 7. The Kier molecular flexibility index (Phi) is 10.0. The predicted octanol–water partition coefficient (Wildman–Crippen LogP) is 3.42. The first-order valence-corrected chi connectivity index (χ1v) is 7.49. The molecule has 0 fully saturated rings. The summed E-state index contributed by atoms with van der Waals surface area (Å²) in [6, 6.07) is 0. The Morgan fingerprint density at radius 3 is 2.71 bits per heavy atom. The highest BCUT2D eigenvalue weighted by atomic mass is 127. The molecule has 0 amide bonds. The maximum absolute atomic E-state index is 12.9. The van der Waals surface area contributed by atoms with Gasteiger partial charge in [-0.1, -0.05) is 6.08 Å². The van der Waals surface area contributed by atoms with Crippen LogP contribution in [0, 0.1) is 0 Å². The smallest absolute Gasteiger partial charge is 0.357 e. The topological polar surface area (TPSA) is 45.5 Å². The van der Waals surface area contributed by atoms with E-state index in [1.165, 1.54) is 13.2 Å². The Morgan fingerprint density at radius 1 is 1.50 bits per heavy atom. The van der Waals surface area contributed by atoms with Crippen LogP contribution in [0.4, 0.5) is 13.2 Å². The SMILES string of the molecule is C=CCCCN(C)C(=NCc1cn(C)nc1C(F)(F)F)NCC.I. The van der Waals surface area contributed by atoms with E-state index in [2.05, 4.69) is 22.0 Å². The van der Waals surface area contributed by atoms with Crippen LogP contribution in [0.1, 0.15) is 31.0 Å². The van der Waals surface area contributed by atoms with Crippen molar-refractivity contribution in [2.24, 2.45) is 12.0 Å². The minimum Gasteiger partial charge on any atom is -0.357 e. The molecule has 1 N–H and O–H groups in total. The monoisotopic (exact) mass is 459 g/mol. The summed E-state index contributed by atoms with van der Waals surface area (Å²) in [5.41, 5.74) is -0.816. The van der Waals surface area contributed by atoms with Crippen molar-refractivity contribution in [3.63, 3.8) is 0 Å². The van der Waals surface area contributed by atoms with Gasteiger partial charge in [0.15, 0.2) is 11.7 Å².